The maximum atomic E-state index is 12.4. The summed E-state index contributed by atoms with van der Waals surface area (Å²) >= 11 is 13.4. The Hall–Kier alpha value is -1.75. The van der Waals surface area contributed by atoms with Crippen LogP contribution in [0.15, 0.2) is 58.4 Å². The van der Waals surface area contributed by atoms with E-state index in [1.807, 2.05) is 30.3 Å². The first kappa shape index (κ1) is 16.1. The van der Waals surface area contributed by atoms with Crippen LogP contribution < -0.4 is 0 Å². The maximum absolute atomic E-state index is 12.4. The van der Waals surface area contributed by atoms with Gasteiger partial charge in [-0.15, -0.1) is 0 Å². The molecule has 1 heterocycles. The van der Waals surface area contributed by atoms with Crippen molar-refractivity contribution >= 4 is 57.8 Å². The van der Waals surface area contributed by atoms with Gasteiger partial charge in [-0.1, -0.05) is 47.5 Å². The number of benzene rings is 2. The Morgan fingerprint density at radius 3 is 2.57 bits per heavy atom. The molecule has 1 fully saturated rings. The molecule has 1 aliphatic rings. The number of hydrogen-bond acceptors (Lipinski definition) is 3. The van der Waals surface area contributed by atoms with E-state index in [4.69, 9.17) is 23.2 Å². The molecule has 1 aliphatic heterocycles. The molecule has 0 radical (unpaired) electrons. The molecule has 1 amide bonds. The molecule has 3 rings (SSSR count). The number of hydrogen-bond donors (Lipinski definition) is 0. The lowest BCUT2D eigenvalue weighted by atomic mass is 10.2. The summed E-state index contributed by atoms with van der Waals surface area (Å²) < 4.78 is 0. The topological polar surface area (TPSA) is 32.7 Å². The average molecular weight is 363 g/mol. The van der Waals surface area contributed by atoms with Crippen LogP contribution in [0.25, 0.3) is 6.08 Å². The lowest BCUT2D eigenvalue weighted by Crippen LogP contribution is -2.23. The number of carbonyl (C=O) groups excluding carboxylic acids is 1. The van der Waals surface area contributed by atoms with Gasteiger partial charge in [0, 0.05) is 17.1 Å². The highest BCUT2D eigenvalue weighted by Crippen LogP contribution is 2.34. The lowest BCUT2D eigenvalue weighted by Gasteiger charge is -2.06. The fourth-order valence-corrected chi connectivity index (χ4v) is 3.47. The number of amidine groups is 1. The second-order valence-electron chi connectivity index (χ2n) is 4.87. The number of amides is 1. The third-order valence-electron chi connectivity index (χ3n) is 3.23. The van der Waals surface area contributed by atoms with Gasteiger partial charge in [0.05, 0.1) is 10.6 Å². The van der Waals surface area contributed by atoms with Gasteiger partial charge in [0.25, 0.3) is 5.91 Å². The number of aliphatic imine (C=N–C) groups is 1. The zero-order valence-electron chi connectivity index (χ0n) is 12.2. The van der Waals surface area contributed by atoms with Gasteiger partial charge in [-0.3, -0.25) is 9.69 Å². The fourth-order valence-electron chi connectivity index (χ4n) is 2.02. The molecule has 6 heteroatoms. The zero-order valence-corrected chi connectivity index (χ0v) is 14.5. The average Bonchev–Trinajstić information content (AvgIpc) is 2.79. The van der Waals surface area contributed by atoms with Crippen LogP contribution in [0.2, 0.25) is 10.0 Å². The number of halogens is 2. The first-order chi connectivity index (χ1) is 11.0. The van der Waals surface area contributed by atoms with Gasteiger partial charge in [0.1, 0.15) is 0 Å². The summed E-state index contributed by atoms with van der Waals surface area (Å²) in [5.41, 5.74) is 1.56. The van der Waals surface area contributed by atoms with E-state index in [1.165, 1.54) is 16.7 Å². The van der Waals surface area contributed by atoms with Crippen molar-refractivity contribution in [3.05, 3.63) is 69.0 Å². The van der Waals surface area contributed by atoms with Crippen molar-refractivity contribution in [2.45, 2.75) is 0 Å². The molecule has 0 unspecified atom stereocenters. The van der Waals surface area contributed by atoms with Crippen LogP contribution in [0.1, 0.15) is 5.56 Å². The Kier molecular flexibility index (Phi) is 4.76. The van der Waals surface area contributed by atoms with Gasteiger partial charge >= 0.3 is 0 Å². The summed E-state index contributed by atoms with van der Waals surface area (Å²) in [7, 11) is 1.71. The summed E-state index contributed by atoms with van der Waals surface area (Å²) in [5.74, 6) is -0.101. The molecular formula is C17H12Cl2N2OS. The van der Waals surface area contributed by atoms with Crippen LogP contribution in [0.5, 0.6) is 0 Å². The summed E-state index contributed by atoms with van der Waals surface area (Å²) in [5, 5.41) is 1.71. The first-order valence-electron chi connectivity index (χ1n) is 6.81. The van der Waals surface area contributed by atoms with Crippen molar-refractivity contribution in [2.24, 2.45) is 4.99 Å². The molecule has 0 saturated carbocycles. The number of rotatable bonds is 2. The highest BCUT2D eigenvalue weighted by molar-refractivity contribution is 8.18. The Morgan fingerprint density at radius 2 is 1.87 bits per heavy atom. The van der Waals surface area contributed by atoms with Crippen molar-refractivity contribution in [3.8, 4) is 0 Å². The van der Waals surface area contributed by atoms with E-state index in [1.54, 1.807) is 31.3 Å². The molecule has 3 nitrogen and oxygen atoms in total. The quantitative estimate of drug-likeness (QED) is 0.685. The zero-order chi connectivity index (χ0) is 16.4. The van der Waals surface area contributed by atoms with E-state index in [-0.39, 0.29) is 5.91 Å². The third-order valence-corrected chi connectivity index (χ3v) is 4.86. The predicted octanol–water partition coefficient (Wildman–Crippen LogP) is 5.23. The molecule has 116 valence electrons. The van der Waals surface area contributed by atoms with Crippen LogP contribution in [0, 0.1) is 0 Å². The van der Waals surface area contributed by atoms with Gasteiger partial charge in [-0.25, -0.2) is 4.99 Å². The van der Waals surface area contributed by atoms with Crippen LogP contribution >= 0.6 is 35.0 Å². The third kappa shape index (κ3) is 3.61. The smallest absolute Gasteiger partial charge is 0.266 e. The van der Waals surface area contributed by atoms with Gasteiger partial charge < -0.3 is 0 Å². The van der Waals surface area contributed by atoms with Crippen LogP contribution in [-0.4, -0.2) is 23.0 Å². The van der Waals surface area contributed by atoms with E-state index in [9.17, 15) is 4.79 Å². The van der Waals surface area contributed by atoms with Crippen LogP contribution in [0.3, 0.4) is 0 Å². The highest BCUT2D eigenvalue weighted by atomic mass is 35.5. The maximum Gasteiger partial charge on any atom is 0.266 e. The number of para-hydroxylation sites is 1. The monoisotopic (exact) mass is 362 g/mol. The molecule has 0 N–H and O–H groups in total. The molecule has 0 atom stereocenters. The second-order valence-corrected chi connectivity index (χ2v) is 6.72. The molecule has 0 aromatic heterocycles. The molecule has 1 saturated heterocycles. The van der Waals surface area contributed by atoms with E-state index >= 15 is 0 Å². The summed E-state index contributed by atoms with van der Waals surface area (Å²) in [6.45, 7) is 0. The van der Waals surface area contributed by atoms with Crippen molar-refractivity contribution in [3.63, 3.8) is 0 Å². The highest BCUT2D eigenvalue weighted by Gasteiger charge is 2.30. The molecule has 23 heavy (non-hydrogen) atoms. The van der Waals surface area contributed by atoms with Gasteiger partial charge in [0.15, 0.2) is 5.17 Å². The van der Waals surface area contributed by atoms with Gasteiger partial charge in [-0.05, 0) is 47.7 Å². The first-order valence-corrected chi connectivity index (χ1v) is 8.38. The minimum absolute atomic E-state index is 0.101. The summed E-state index contributed by atoms with van der Waals surface area (Å²) in [4.78, 5) is 19.0. The number of carbonyl (C=O) groups is 1. The number of thioether (sulfide) groups is 1. The minimum Gasteiger partial charge on any atom is -0.290 e. The molecule has 2 aromatic carbocycles. The molecular weight excluding hydrogens is 351 g/mol. The van der Waals surface area contributed by atoms with E-state index in [2.05, 4.69) is 4.99 Å². The van der Waals surface area contributed by atoms with Gasteiger partial charge in [0.2, 0.25) is 0 Å². The Bertz CT molecular complexity index is 819. The van der Waals surface area contributed by atoms with Crippen molar-refractivity contribution < 1.29 is 4.79 Å². The fraction of sp³-hybridized carbons (Fsp3) is 0.0588. The van der Waals surface area contributed by atoms with Gasteiger partial charge in [-0.2, -0.15) is 0 Å². The van der Waals surface area contributed by atoms with Crippen molar-refractivity contribution in [1.82, 2.24) is 4.90 Å². The minimum atomic E-state index is -0.101. The number of nitrogens with zero attached hydrogens (tertiary/aromatic N) is 2. The predicted molar refractivity (Wildman–Crippen MR) is 98.3 cm³/mol. The van der Waals surface area contributed by atoms with Crippen LogP contribution in [-0.2, 0) is 4.79 Å². The SMILES string of the molecule is CN1C(=O)/C(=C\c2ccc(Cl)cc2Cl)SC1=Nc1ccccc1. The Morgan fingerprint density at radius 1 is 1.13 bits per heavy atom. The van der Waals surface area contributed by atoms with Crippen LogP contribution in [0.4, 0.5) is 5.69 Å². The van der Waals surface area contributed by atoms with E-state index in [0.29, 0.717) is 20.1 Å². The normalized spacial score (nSPS) is 18.2. The summed E-state index contributed by atoms with van der Waals surface area (Å²) in [6, 6.07) is 14.7. The molecule has 0 aliphatic carbocycles. The molecule has 2 aromatic rings. The lowest BCUT2D eigenvalue weighted by molar-refractivity contribution is -0.121. The molecule has 0 bridgehead atoms. The second kappa shape index (κ2) is 6.79. The van der Waals surface area contributed by atoms with E-state index < -0.39 is 0 Å². The summed E-state index contributed by atoms with van der Waals surface area (Å²) in [6.07, 6.45) is 1.76. The number of likely N-dealkylation sites (N-methyl/N-ethyl adjacent to an activating group) is 1. The van der Waals surface area contributed by atoms with Crippen molar-refractivity contribution in [2.75, 3.05) is 7.05 Å². The standard InChI is InChI=1S/C17H12Cl2N2OS/c1-21-16(22)15(9-11-7-8-12(18)10-14(11)19)23-17(21)20-13-5-3-2-4-6-13/h2-10H,1H3/b15-9+,20-17?. The Labute approximate surface area is 148 Å². The molecule has 0 spiro atoms. The largest absolute Gasteiger partial charge is 0.290 e. The Balaban J connectivity index is 1.92. The van der Waals surface area contributed by atoms with E-state index in [0.717, 1.165) is 11.3 Å². The van der Waals surface area contributed by atoms with Crippen molar-refractivity contribution in [1.29, 1.82) is 0 Å².